The summed E-state index contributed by atoms with van der Waals surface area (Å²) in [4.78, 5) is 3.98. The third kappa shape index (κ3) is 4.63. The Morgan fingerprint density at radius 1 is 1.53 bits per heavy atom. The second-order valence-electron chi connectivity index (χ2n) is 3.92. The fourth-order valence-corrected chi connectivity index (χ4v) is 1.72. The largest absolute Gasteiger partial charge is 0.317 e. The lowest BCUT2D eigenvalue weighted by Crippen LogP contribution is -2.20. The molecule has 0 aliphatic carbocycles. The molecular weight excluding hydrogens is 208 g/mol. The molecule has 1 atom stereocenters. The zero-order chi connectivity index (χ0) is 11.1. The van der Waals surface area contributed by atoms with Gasteiger partial charge in [0.15, 0.2) is 0 Å². The SMILES string of the molecule is CCNCC(C)CCc1ccncc1Cl. The molecule has 0 aliphatic heterocycles. The highest BCUT2D eigenvalue weighted by molar-refractivity contribution is 6.31. The molecular formula is C12H19ClN2. The maximum absolute atomic E-state index is 6.03. The molecule has 0 aliphatic rings. The molecule has 0 fully saturated rings. The van der Waals surface area contributed by atoms with Crippen LogP contribution in [-0.4, -0.2) is 18.1 Å². The molecule has 0 saturated heterocycles. The highest BCUT2D eigenvalue weighted by Gasteiger charge is 2.04. The zero-order valence-electron chi connectivity index (χ0n) is 9.46. The standard InChI is InChI=1S/C12H19ClN2/c1-3-14-8-10(2)4-5-11-6-7-15-9-12(11)13/h6-7,9-10,14H,3-5,8H2,1-2H3. The molecule has 1 unspecified atom stereocenters. The molecule has 2 nitrogen and oxygen atoms in total. The maximum Gasteiger partial charge on any atom is 0.0621 e. The first-order valence-corrected chi connectivity index (χ1v) is 5.91. The Labute approximate surface area is 97.1 Å². The third-order valence-corrected chi connectivity index (χ3v) is 2.85. The molecule has 1 N–H and O–H groups in total. The van der Waals surface area contributed by atoms with Crippen LogP contribution in [0.25, 0.3) is 0 Å². The summed E-state index contributed by atoms with van der Waals surface area (Å²) in [5, 5.41) is 4.14. The van der Waals surface area contributed by atoms with E-state index >= 15 is 0 Å². The number of rotatable bonds is 6. The van der Waals surface area contributed by atoms with E-state index in [1.54, 1.807) is 12.4 Å². The van der Waals surface area contributed by atoms with E-state index in [-0.39, 0.29) is 0 Å². The molecule has 0 saturated carbocycles. The van der Waals surface area contributed by atoms with Crippen molar-refractivity contribution in [2.75, 3.05) is 13.1 Å². The van der Waals surface area contributed by atoms with Crippen molar-refractivity contribution in [1.29, 1.82) is 0 Å². The highest BCUT2D eigenvalue weighted by Crippen LogP contribution is 2.17. The smallest absolute Gasteiger partial charge is 0.0621 e. The Morgan fingerprint density at radius 2 is 2.33 bits per heavy atom. The summed E-state index contributed by atoms with van der Waals surface area (Å²) < 4.78 is 0. The first kappa shape index (κ1) is 12.5. The molecule has 1 aromatic heterocycles. The Balaban J connectivity index is 2.33. The molecule has 15 heavy (non-hydrogen) atoms. The molecule has 84 valence electrons. The molecule has 1 heterocycles. The lowest BCUT2D eigenvalue weighted by molar-refractivity contribution is 0.489. The van der Waals surface area contributed by atoms with Crippen LogP contribution in [0, 0.1) is 5.92 Å². The Morgan fingerprint density at radius 3 is 3.00 bits per heavy atom. The number of nitrogens with zero attached hydrogens (tertiary/aromatic N) is 1. The number of hydrogen-bond donors (Lipinski definition) is 1. The summed E-state index contributed by atoms with van der Waals surface area (Å²) in [6.07, 6.45) is 5.71. The van der Waals surface area contributed by atoms with Crippen molar-refractivity contribution in [3.05, 3.63) is 29.0 Å². The summed E-state index contributed by atoms with van der Waals surface area (Å²) in [5.41, 5.74) is 1.20. The van der Waals surface area contributed by atoms with Crippen molar-refractivity contribution in [1.82, 2.24) is 10.3 Å². The van der Waals surface area contributed by atoms with Gasteiger partial charge in [-0.3, -0.25) is 4.98 Å². The minimum Gasteiger partial charge on any atom is -0.317 e. The number of pyridine rings is 1. The van der Waals surface area contributed by atoms with Crippen LogP contribution in [0.2, 0.25) is 5.02 Å². The van der Waals surface area contributed by atoms with E-state index in [4.69, 9.17) is 11.6 Å². The number of nitrogens with one attached hydrogen (secondary N) is 1. The van der Waals surface area contributed by atoms with Gasteiger partial charge in [0.2, 0.25) is 0 Å². The van der Waals surface area contributed by atoms with Crippen molar-refractivity contribution in [3.8, 4) is 0 Å². The van der Waals surface area contributed by atoms with Crippen LogP contribution in [0.4, 0.5) is 0 Å². The van der Waals surface area contributed by atoms with Gasteiger partial charge < -0.3 is 5.32 Å². The van der Waals surface area contributed by atoms with E-state index in [0.717, 1.165) is 31.0 Å². The van der Waals surface area contributed by atoms with E-state index in [0.29, 0.717) is 5.92 Å². The van der Waals surface area contributed by atoms with Crippen molar-refractivity contribution < 1.29 is 0 Å². The van der Waals surface area contributed by atoms with E-state index < -0.39 is 0 Å². The predicted octanol–water partition coefficient (Wildman–Crippen LogP) is 2.91. The molecule has 1 rings (SSSR count). The van der Waals surface area contributed by atoms with E-state index in [2.05, 4.69) is 24.1 Å². The Bertz CT molecular complexity index is 289. The Hall–Kier alpha value is -0.600. The van der Waals surface area contributed by atoms with Crippen LogP contribution in [0.5, 0.6) is 0 Å². The van der Waals surface area contributed by atoms with Gasteiger partial charge in [-0.05, 0) is 43.5 Å². The van der Waals surface area contributed by atoms with Crippen LogP contribution in [0.15, 0.2) is 18.5 Å². The van der Waals surface area contributed by atoms with Crippen LogP contribution in [0.1, 0.15) is 25.8 Å². The average molecular weight is 227 g/mol. The van der Waals surface area contributed by atoms with Crippen molar-refractivity contribution in [3.63, 3.8) is 0 Å². The lowest BCUT2D eigenvalue weighted by Gasteiger charge is -2.11. The number of aromatic nitrogens is 1. The fraction of sp³-hybridized carbons (Fsp3) is 0.583. The summed E-state index contributed by atoms with van der Waals surface area (Å²) in [7, 11) is 0. The van der Waals surface area contributed by atoms with Gasteiger partial charge in [-0.25, -0.2) is 0 Å². The number of aryl methyl sites for hydroxylation is 1. The van der Waals surface area contributed by atoms with Gasteiger partial charge in [0.1, 0.15) is 0 Å². The molecule has 1 aromatic rings. The van der Waals surface area contributed by atoms with Crippen molar-refractivity contribution >= 4 is 11.6 Å². The molecule has 0 amide bonds. The van der Waals surface area contributed by atoms with Crippen molar-refractivity contribution in [2.45, 2.75) is 26.7 Å². The molecule has 0 radical (unpaired) electrons. The maximum atomic E-state index is 6.03. The summed E-state index contributed by atoms with van der Waals surface area (Å²) in [6, 6.07) is 2.00. The first-order chi connectivity index (χ1) is 7.24. The van der Waals surface area contributed by atoms with Gasteiger partial charge in [0.05, 0.1) is 5.02 Å². The normalized spacial score (nSPS) is 12.7. The second kappa shape index (κ2) is 6.81. The Kier molecular flexibility index (Phi) is 5.66. The third-order valence-electron chi connectivity index (χ3n) is 2.51. The van der Waals surface area contributed by atoms with Gasteiger partial charge >= 0.3 is 0 Å². The second-order valence-corrected chi connectivity index (χ2v) is 4.33. The average Bonchev–Trinajstić information content (AvgIpc) is 2.25. The zero-order valence-corrected chi connectivity index (χ0v) is 10.2. The summed E-state index contributed by atoms with van der Waals surface area (Å²) in [6.45, 7) is 6.52. The molecule has 0 bridgehead atoms. The topological polar surface area (TPSA) is 24.9 Å². The summed E-state index contributed by atoms with van der Waals surface area (Å²) >= 11 is 6.03. The van der Waals surface area contributed by atoms with Crippen LogP contribution in [0.3, 0.4) is 0 Å². The monoisotopic (exact) mass is 226 g/mol. The minimum absolute atomic E-state index is 0.689. The fourth-order valence-electron chi connectivity index (χ4n) is 1.50. The van der Waals surface area contributed by atoms with Gasteiger partial charge in [-0.1, -0.05) is 25.4 Å². The van der Waals surface area contributed by atoms with Crippen molar-refractivity contribution in [2.24, 2.45) is 5.92 Å². The van der Waals surface area contributed by atoms with Gasteiger partial charge in [-0.2, -0.15) is 0 Å². The van der Waals surface area contributed by atoms with Crippen LogP contribution >= 0.6 is 11.6 Å². The quantitative estimate of drug-likeness (QED) is 0.807. The molecule has 0 spiro atoms. The van der Waals surface area contributed by atoms with E-state index in [1.165, 1.54) is 5.56 Å². The van der Waals surface area contributed by atoms with Gasteiger partial charge in [0, 0.05) is 12.4 Å². The number of halogens is 1. The minimum atomic E-state index is 0.689. The van der Waals surface area contributed by atoms with Gasteiger partial charge in [-0.15, -0.1) is 0 Å². The number of hydrogen-bond acceptors (Lipinski definition) is 2. The lowest BCUT2D eigenvalue weighted by atomic mass is 10.0. The molecule has 3 heteroatoms. The van der Waals surface area contributed by atoms with Crippen LogP contribution in [-0.2, 0) is 6.42 Å². The van der Waals surface area contributed by atoms with Crippen LogP contribution < -0.4 is 5.32 Å². The molecule has 0 aromatic carbocycles. The highest BCUT2D eigenvalue weighted by atomic mass is 35.5. The predicted molar refractivity (Wildman–Crippen MR) is 65.3 cm³/mol. The summed E-state index contributed by atoms with van der Waals surface area (Å²) in [5.74, 6) is 0.689. The van der Waals surface area contributed by atoms with E-state index in [1.807, 2.05) is 6.07 Å². The first-order valence-electron chi connectivity index (χ1n) is 5.53. The van der Waals surface area contributed by atoms with E-state index in [9.17, 15) is 0 Å². The van der Waals surface area contributed by atoms with Gasteiger partial charge in [0.25, 0.3) is 0 Å².